The molecule has 5 nitrogen and oxygen atoms in total. The van der Waals surface area contributed by atoms with Crippen LogP contribution in [0.1, 0.15) is 39.7 Å². The molecule has 2 atom stereocenters. The van der Waals surface area contributed by atoms with Crippen LogP contribution in [0, 0.1) is 17.8 Å². The van der Waals surface area contributed by atoms with E-state index in [1.54, 1.807) is 31.2 Å². The highest BCUT2D eigenvalue weighted by Gasteiger charge is 2.67. The van der Waals surface area contributed by atoms with Gasteiger partial charge in [-0.05, 0) is 43.5 Å². The number of hydrogen-bond donors (Lipinski definition) is 0. The zero-order valence-corrected chi connectivity index (χ0v) is 18.6. The van der Waals surface area contributed by atoms with E-state index in [4.69, 9.17) is 4.43 Å². The fourth-order valence-corrected chi connectivity index (χ4v) is 6.53. The van der Waals surface area contributed by atoms with E-state index in [1.165, 1.54) is 0 Å². The first-order valence-electron chi connectivity index (χ1n) is 8.97. The quantitative estimate of drug-likeness (QED) is 0.544. The minimum absolute atomic E-state index is 0.198. The van der Waals surface area contributed by atoms with Crippen LogP contribution in [0.5, 0.6) is 0 Å². The van der Waals surface area contributed by atoms with E-state index >= 15 is 0 Å². The second kappa shape index (κ2) is 7.09. The Labute approximate surface area is 159 Å². The molecule has 1 saturated heterocycles. The van der Waals surface area contributed by atoms with E-state index in [9.17, 15) is 13.2 Å². The first-order valence-corrected chi connectivity index (χ1v) is 12.8. The van der Waals surface area contributed by atoms with Crippen molar-refractivity contribution in [2.45, 2.75) is 65.1 Å². The maximum atomic E-state index is 13.3. The molecule has 1 aromatic carbocycles. The molecule has 1 heterocycles. The van der Waals surface area contributed by atoms with Crippen molar-refractivity contribution in [2.75, 3.05) is 6.61 Å². The van der Waals surface area contributed by atoms with Crippen LogP contribution in [0.2, 0.25) is 13.1 Å². The summed E-state index contributed by atoms with van der Waals surface area (Å²) in [5.74, 6) is -0.341. The molecule has 0 aromatic heterocycles. The third kappa shape index (κ3) is 3.36. The number of benzene rings is 1. The zero-order chi connectivity index (χ0) is 19.9. The molecule has 0 spiro atoms. The molecule has 0 saturated carbocycles. The van der Waals surface area contributed by atoms with Gasteiger partial charge in [0.05, 0.1) is 23.0 Å². The molecule has 7 heteroatoms. The molecule has 145 valence electrons. The molecule has 1 unspecified atom stereocenters. The Kier molecular flexibility index (Phi) is 5.76. The van der Waals surface area contributed by atoms with Gasteiger partial charge >= 0.3 is 0 Å². The number of sulfonamides is 1. The van der Waals surface area contributed by atoms with E-state index < -0.39 is 35.9 Å². The van der Waals surface area contributed by atoms with Gasteiger partial charge in [-0.25, -0.2) is 12.7 Å². The number of aryl methyl sites for hydroxylation is 1. The Morgan fingerprint density at radius 3 is 2.27 bits per heavy atom. The number of nitrogens with zero attached hydrogens (tertiary/aromatic N) is 1. The minimum Gasteiger partial charge on any atom is -0.416 e. The maximum Gasteiger partial charge on any atom is 0.267 e. The summed E-state index contributed by atoms with van der Waals surface area (Å²) < 4.78 is 33.6. The molecule has 1 aromatic rings. The van der Waals surface area contributed by atoms with Gasteiger partial charge in [0.1, 0.15) is 0 Å². The van der Waals surface area contributed by atoms with Gasteiger partial charge in [-0.1, -0.05) is 45.9 Å². The smallest absolute Gasteiger partial charge is 0.267 e. The summed E-state index contributed by atoms with van der Waals surface area (Å²) in [5.41, 5.74) is -0.529. The van der Waals surface area contributed by atoms with Gasteiger partial charge in [-0.2, -0.15) is 0 Å². The number of hydrogen-bond acceptors (Lipinski definition) is 4. The molecule has 1 aliphatic heterocycles. The lowest BCUT2D eigenvalue weighted by Crippen LogP contribution is -2.75. The molecule has 1 aliphatic rings. The topological polar surface area (TPSA) is 63.7 Å². The standard InChI is InChI=1S/C19H30NO4SSi/c1-8-19(13-24-26(6)7)16(18(3,4)5)20(17(19)21)25(22,23)15-12-10-9-11-14(15)2/h9-12,16H,8,13H2,1-7H3/t16-,19?/m0/s1. The molecule has 1 amide bonds. The largest absolute Gasteiger partial charge is 0.416 e. The van der Waals surface area contributed by atoms with E-state index in [1.807, 2.05) is 40.8 Å². The highest BCUT2D eigenvalue weighted by atomic mass is 32.2. The average molecular weight is 397 g/mol. The van der Waals surface area contributed by atoms with E-state index in [0.717, 1.165) is 4.31 Å². The molecule has 1 fully saturated rings. The summed E-state index contributed by atoms with van der Waals surface area (Å²) >= 11 is 0. The lowest BCUT2D eigenvalue weighted by molar-refractivity contribution is -0.174. The van der Waals surface area contributed by atoms with Crippen molar-refractivity contribution in [3.05, 3.63) is 29.8 Å². The van der Waals surface area contributed by atoms with Gasteiger partial charge in [0, 0.05) is 0 Å². The fraction of sp³-hybridized carbons (Fsp3) is 0.632. The van der Waals surface area contributed by atoms with E-state index in [-0.39, 0.29) is 17.4 Å². The molecular formula is C19H30NO4SSi. The summed E-state index contributed by atoms with van der Waals surface area (Å²) in [7, 11) is -4.87. The maximum absolute atomic E-state index is 13.3. The molecule has 1 radical (unpaired) electrons. The predicted molar refractivity (Wildman–Crippen MR) is 105 cm³/mol. The summed E-state index contributed by atoms with van der Waals surface area (Å²) in [6.07, 6.45) is 0.558. The Hall–Kier alpha value is -1.18. The molecule has 0 aliphatic carbocycles. The summed E-state index contributed by atoms with van der Waals surface area (Å²) in [6, 6.07) is 6.37. The van der Waals surface area contributed by atoms with Crippen LogP contribution in [0.3, 0.4) is 0 Å². The van der Waals surface area contributed by atoms with Crippen molar-refractivity contribution >= 4 is 25.0 Å². The van der Waals surface area contributed by atoms with Gasteiger partial charge in [0.25, 0.3) is 10.0 Å². The van der Waals surface area contributed by atoms with Crippen LogP contribution in [0.15, 0.2) is 29.2 Å². The van der Waals surface area contributed by atoms with Crippen molar-refractivity contribution in [3.8, 4) is 0 Å². The highest BCUT2D eigenvalue weighted by molar-refractivity contribution is 7.89. The van der Waals surface area contributed by atoms with Crippen LogP contribution >= 0.6 is 0 Å². The predicted octanol–water partition coefficient (Wildman–Crippen LogP) is 3.60. The molecule has 0 N–H and O–H groups in total. The van der Waals surface area contributed by atoms with E-state index in [2.05, 4.69) is 0 Å². The summed E-state index contributed by atoms with van der Waals surface area (Å²) in [5, 5.41) is 0. The first-order chi connectivity index (χ1) is 11.9. The van der Waals surface area contributed by atoms with E-state index in [0.29, 0.717) is 12.0 Å². The Bertz CT molecular complexity index is 785. The lowest BCUT2D eigenvalue weighted by atomic mass is 9.61. The summed E-state index contributed by atoms with van der Waals surface area (Å²) in [6.45, 7) is 14.0. The third-order valence-corrected chi connectivity index (χ3v) is 7.71. The molecule has 26 heavy (non-hydrogen) atoms. The number of carbonyl (C=O) groups is 1. The minimum atomic E-state index is -3.90. The third-order valence-electron chi connectivity index (χ3n) is 5.08. The van der Waals surface area contributed by atoms with Crippen LogP contribution in [0.4, 0.5) is 0 Å². The average Bonchev–Trinajstić information content (AvgIpc) is 2.51. The number of β-lactam (4-membered cyclic amide) rings is 1. The number of amides is 1. The Morgan fingerprint density at radius 2 is 1.81 bits per heavy atom. The van der Waals surface area contributed by atoms with Crippen LogP contribution in [0.25, 0.3) is 0 Å². The highest BCUT2D eigenvalue weighted by Crippen LogP contribution is 2.52. The lowest BCUT2D eigenvalue weighted by Gasteiger charge is -2.59. The van der Waals surface area contributed by atoms with Crippen molar-refractivity contribution < 1.29 is 17.6 Å². The van der Waals surface area contributed by atoms with Crippen molar-refractivity contribution in [1.29, 1.82) is 0 Å². The molecular weight excluding hydrogens is 366 g/mol. The molecule has 0 bridgehead atoms. The Morgan fingerprint density at radius 1 is 1.23 bits per heavy atom. The van der Waals surface area contributed by atoms with Gasteiger partial charge in [0.15, 0.2) is 0 Å². The zero-order valence-electron chi connectivity index (χ0n) is 16.8. The van der Waals surface area contributed by atoms with Gasteiger partial charge < -0.3 is 4.43 Å². The second-order valence-electron chi connectivity index (χ2n) is 8.35. The van der Waals surface area contributed by atoms with Crippen molar-refractivity contribution in [2.24, 2.45) is 10.8 Å². The van der Waals surface area contributed by atoms with Gasteiger partial charge in [0.2, 0.25) is 14.9 Å². The monoisotopic (exact) mass is 396 g/mol. The Balaban J connectivity index is 2.53. The first kappa shape index (κ1) is 21.1. The van der Waals surface area contributed by atoms with Gasteiger partial charge in [-0.3, -0.25) is 4.79 Å². The van der Waals surface area contributed by atoms with Crippen molar-refractivity contribution in [3.63, 3.8) is 0 Å². The van der Waals surface area contributed by atoms with Crippen LogP contribution in [-0.4, -0.2) is 40.3 Å². The number of rotatable bonds is 6. The second-order valence-corrected chi connectivity index (χ2v) is 12.2. The molecule has 2 rings (SSSR count). The number of carbonyl (C=O) groups excluding carboxylic acids is 1. The SMILES string of the molecule is CCC1(CO[Si](C)C)C(=O)N(S(=O)(=O)c2ccccc2C)[C@H]1C(C)(C)C. The van der Waals surface area contributed by atoms with Crippen molar-refractivity contribution in [1.82, 2.24) is 4.31 Å². The van der Waals surface area contributed by atoms with Gasteiger partial charge in [-0.15, -0.1) is 0 Å². The normalized spacial score (nSPS) is 24.1. The van der Waals surface area contributed by atoms with Crippen LogP contribution in [-0.2, 0) is 19.2 Å². The summed E-state index contributed by atoms with van der Waals surface area (Å²) in [4.78, 5) is 13.4. The van der Waals surface area contributed by atoms with Crippen LogP contribution < -0.4 is 0 Å². The fourth-order valence-electron chi connectivity index (χ4n) is 3.85.